The largest absolute Gasteiger partial charge is 0.481 e. The molecule has 1 amide bonds. The van der Waals surface area contributed by atoms with Gasteiger partial charge in [0.1, 0.15) is 18.1 Å². The summed E-state index contributed by atoms with van der Waals surface area (Å²) in [6, 6.07) is 2.94. The smallest absolute Gasteiger partial charge is 0.248 e. The molecule has 1 unspecified atom stereocenters. The van der Waals surface area contributed by atoms with E-state index in [1.807, 2.05) is 0 Å². The van der Waals surface area contributed by atoms with Gasteiger partial charge in [0.15, 0.2) is 12.4 Å². The first-order chi connectivity index (χ1) is 8.66. The molecule has 7 heteroatoms. The van der Waals surface area contributed by atoms with E-state index in [-0.39, 0.29) is 18.3 Å². The summed E-state index contributed by atoms with van der Waals surface area (Å²) in [6.45, 7) is 0.642. The number of hydrogen-bond donors (Lipinski definition) is 3. The summed E-state index contributed by atoms with van der Waals surface area (Å²) in [5, 5.41) is 9.94. The topological polar surface area (TPSA) is 113 Å². The number of pyridine rings is 1. The van der Waals surface area contributed by atoms with Crippen molar-refractivity contribution in [3.63, 3.8) is 0 Å². The highest BCUT2D eigenvalue weighted by Crippen LogP contribution is 2.02. The van der Waals surface area contributed by atoms with Crippen LogP contribution >= 0.6 is 0 Å². The van der Waals surface area contributed by atoms with Crippen LogP contribution in [0, 0.1) is 5.41 Å². The maximum absolute atomic E-state index is 11.6. The zero-order chi connectivity index (χ0) is 13.0. The van der Waals surface area contributed by atoms with Crippen molar-refractivity contribution in [2.75, 3.05) is 6.61 Å². The highest BCUT2D eigenvalue weighted by molar-refractivity contribution is 5.92. The Balaban J connectivity index is 1.88. The fourth-order valence-electron chi connectivity index (χ4n) is 1.43. The number of aliphatic imine (C=N–C) groups is 1. The number of hydrogen-bond acceptors (Lipinski definition) is 5. The number of carbonyl (C=O) groups is 1. The predicted molar refractivity (Wildman–Crippen MR) is 65.3 cm³/mol. The molecule has 0 bridgehead atoms. The van der Waals surface area contributed by atoms with Gasteiger partial charge in [-0.2, -0.15) is 0 Å². The van der Waals surface area contributed by atoms with Gasteiger partial charge in [0.2, 0.25) is 5.91 Å². The van der Waals surface area contributed by atoms with Gasteiger partial charge in [-0.25, -0.2) is 4.99 Å². The van der Waals surface area contributed by atoms with E-state index in [1.165, 1.54) is 6.40 Å². The molecule has 0 saturated carbocycles. The Kier molecular flexibility index (Phi) is 3.52. The Labute approximate surface area is 104 Å². The Morgan fingerprint density at radius 3 is 3.00 bits per heavy atom. The highest BCUT2D eigenvalue weighted by atomic mass is 16.5. The summed E-state index contributed by atoms with van der Waals surface area (Å²) in [5.41, 5.74) is 6.54. The average Bonchev–Trinajstić information content (AvgIpc) is 2.90. The van der Waals surface area contributed by atoms with Crippen LogP contribution in [0.3, 0.4) is 0 Å². The van der Waals surface area contributed by atoms with Gasteiger partial charge in [-0.3, -0.25) is 15.2 Å². The third-order valence-electron chi connectivity index (χ3n) is 2.44. The van der Waals surface area contributed by atoms with E-state index in [0.29, 0.717) is 12.2 Å². The maximum atomic E-state index is 11.6. The zero-order valence-corrected chi connectivity index (χ0v) is 9.59. The van der Waals surface area contributed by atoms with Crippen LogP contribution in [0.5, 0.6) is 0 Å². The fourth-order valence-corrected chi connectivity index (χ4v) is 1.43. The molecule has 2 heterocycles. The fraction of sp³-hybridized carbons (Fsp3) is 0.273. The minimum Gasteiger partial charge on any atom is -0.481 e. The third-order valence-corrected chi connectivity index (χ3v) is 2.44. The number of nitrogens with zero attached hydrogens (tertiary/aromatic N) is 2. The predicted octanol–water partition coefficient (Wildman–Crippen LogP) is -0.591. The Morgan fingerprint density at radius 2 is 2.44 bits per heavy atom. The molecule has 1 aliphatic rings. The van der Waals surface area contributed by atoms with Gasteiger partial charge in [0.05, 0.1) is 0 Å². The number of nitrogen functional groups attached to an aromatic ring is 1. The van der Waals surface area contributed by atoms with Gasteiger partial charge in [-0.1, -0.05) is 6.07 Å². The van der Waals surface area contributed by atoms with E-state index >= 15 is 0 Å². The lowest BCUT2D eigenvalue weighted by Crippen LogP contribution is -2.33. The van der Waals surface area contributed by atoms with Crippen LogP contribution in [0.2, 0.25) is 0 Å². The Morgan fingerprint density at radius 1 is 1.61 bits per heavy atom. The molecule has 18 heavy (non-hydrogen) atoms. The van der Waals surface area contributed by atoms with Crippen LogP contribution in [0.4, 0.5) is 0 Å². The summed E-state index contributed by atoms with van der Waals surface area (Å²) < 4.78 is 4.87. The monoisotopic (exact) mass is 247 g/mol. The molecule has 4 N–H and O–H groups in total. The van der Waals surface area contributed by atoms with Gasteiger partial charge in [-0.05, 0) is 11.6 Å². The molecule has 1 aromatic rings. The van der Waals surface area contributed by atoms with Crippen molar-refractivity contribution in [3.05, 3.63) is 29.6 Å². The molecule has 0 aliphatic carbocycles. The van der Waals surface area contributed by atoms with Gasteiger partial charge < -0.3 is 15.8 Å². The van der Waals surface area contributed by atoms with Crippen LogP contribution in [0.25, 0.3) is 0 Å². The molecule has 0 aromatic carbocycles. The molecule has 94 valence electrons. The number of ether oxygens (including phenoxy) is 1. The summed E-state index contributed by atoms with van der Waals surface area (Å²) in [5.74, 6) is -0.262. The summed E-state index contributed by atoms with van der Waals surface area (Å²) in [7, 11) is 0. The van der Waals surface area contributed by atoms with Crippen molar-refractivity contribution in [2.24, 2.45) is 10.7 Å². The van der Waals surface area contributed by atoms with Crippen LogP contribution in [0.15, 0.2) is 23.3 Å². The Bertz CT molecular complexity index is 483. The van der Waals surface area contributed by atoms with E-state index in [2.05, 4.69) is 15.3 Å². The van der Waals surface area contributed by atoms with Crippen molar-refractivity contribution in [3.8, 4) is 0 Å². The number of aromatic nitrogens is 1. The quantitative estimate of drug-likeness (QED) is 0.487. The first kappa shape index (κ1) is 12.0. The SMILES string of the molecule is N=C(N)c1ccc(CNC(=O)C2COC=N2)cn1. The van der Waals surface area contributed by atoms with Gasteiger partial charge in [0, 0.05) is 12.7 Å². The van der Waals surface area contributed by atoms with E-state index in [9.17, 15) is 4.79 Å². The molecule has 1 atom stereocenters. The lowest BCUT2D eigenvalue weighted by molar-refractivity contribution is -0.122. The van der Waals surface area contributed by atoms with Crippen molar-refractivity contribution in [2.45, 2.75) is 12.6 Å². The number of nitrogens with two attached hydrogens (primary N) is 1. The van der Waals surface area contributed by atoms with Crippen molar-refractivity contribution >= 4 is 18.1 Å². The van der Waals surface area contributed by atoms with Gasteiger partial charge >= 0.3 is 0 Å². The van der Waals surface area contributed by atoms with E-state index in [0.717, 1.165) is 5.56 Å². The van der Waals surface area contributed by atoms with Crippen LogP contribution in [-0.2, 0) is 16.1 Å². The maximum Gasteiger partial charge on any atom is 0.248 e. The first-order valence-electron chi connectivity index (χ1n) is 5.37. The van der Waals surface area contributed by atoms with Crippen LogP contribution in [-0.4, -0.2) is 35.8 Å². The molecule has 1 aromatic heterocycles. The summed E-state index contributed by atoms with van der Waals surface area (Å²) in [6.07, 6.45) is 2.86. The number of carbonyl (C=O) groups excluding carboxylic acids is 1. The van der Waals surface area contributed by atoms with Gasteiger partial charge in [0.25, 0.3) is 0 Å². The normalized spacial score (nSPS) is 17.2. The number of nitrogens with one attached hydrogen (secondary N) is 2. The van der Waals surface area contributed by atoms with Crippen molar-refractivity contribution < 1.29 is 9.53 Å². The molecule has 7 nitrogen and oxygen atoms in total. The average molecular weight is 247 g/mol. The first-order valence-corrected chi connectivity index (χ1v) is 5.37. The minimum absolute atomic E-state index is 0.0805. The molecule has 2 rings (SSSR count). The second kappa shape index (κ2) is 5.26. The molecule has 0 radical (unpaired) electrons. The standard InChI is InChI=1S/C11H13N5O2/c12-10(13)8-2-1-7(3-14-8)4-15-11(17)9-5-18-6-16-9/h1-3,6,9H,4-5H2,(H3,12,13)(H,15,17). The highest BCUT2D eigenvalue weighted by Gasteiger charge is 2.20. The van der Waals surface area contributed by atoms with Crippen LogP contribution < -0.4 is 11.1 Å². The van der Waals surface area contributed by atoms with Crippen LogP contribution in [0.1, 0.15) is 11.3 Å². The minimum atomic E-state index is -0.463. The van der Waals surface area contributed by atoms with Crippen molar-refractivity contribution in [1.29, 1.82) is 5.41 Å². The van der Waals surface area contributed by atoms with E-state index in [4.69, 9.17) is 15.9 Å². The molecule has 1 aliphatic heterocycles. The Hall–Kier alpha value is -2.44. The van der Waals surface area contributed by atoms with E-state index < -0.39 is 6.04 Å². The lowest BCUT2D eigenvalue weighted by atomic mass is 10.2. The second-order valence-corrected chi connectivity index (χ2v) is 3.79. The molecule has 0 saturated heterocycles. The molecular formula is C11H13N5O2. The lowest BCUT2D eigenvalue weighted by Gasteiger charge is -2.07. The number of amidine groups is 1. The summed E-state index contributed by atoms with van der Waals surface area (Å²) in [4.78, 5) is 19.5. The number of rotatable bonds is 4. The summed E-state index contributed by atoms with van der Waals surface area (Å²) >= 11 is 0. The molecule has 0 fully saturated rings. The van der Waals surface area contributed by atoms with E-state index in [1.54, 1.807) is 18.3 Å². The third kappa shape index (κ3) is 2.82. The second-order valence-electron chi connectivity index (χ2n) is 3.79. The zero-order valence-electron chi connectivity index (χ0n) is 9.59. The number of amides is 1. The van der Waals surface area contributed by atoms with Crippen molar-refractivity contribution in [1.82, 2.24) is 10.3 Å². The molecular weight excluding hydrogens is 234 g/mol. The molecule has 0 spiro atoms. The van der Waals surface area contributed by atoms with Gasteiger partial charge in [-0.15, -0.1) is 0 Å².